The summed E-state index contributed by atoms with van der Waals surface area (Å²) in [7, 11) is 1.33. The molecule has 0 bridgehead atoms. The van der Waals surface area contributed by atoms with Crippen LogP contribution in [0.4, 0.5) is 5.69 Å². The molecule has 0 spiro atoms. The largest absolute Gasteiger partial charge is 0.491 e. The topological polar surface area (TPSA) is 111 Å². The molecule has 0 radical (unpaired) electrons. The number of nitro groups is 1. The van der Waals surface area contributed by atoms with Gasteiger partial charge < -0.3 is 19.9 Å². The maximum absolute atomic E-state index is 10.9. The van der Waals surface area contributed by atoms with E-state index in [2.05, 4.69) is 5.32 Å². The number of carboxylic acid groups (broad SMARTS) is 1. The van der Waals surface area contributed by atoms with Crippen LogP contribution >= 0.6 is 0 Å². The lowest BCUT2D eigenvalue weighted by Gasteiger charge is -2.14. The number of nitrogens with one attached hydrogen (secondary N) is 1. The number of hydrogen-bond donors (Lipinski definition) is 2. The van der Waals surface area contributed by atoms with Gasteiger partial charge in [-0.25, -0.2) is 0 Å². The number of hydrogen-bond acceptors (Lipinski definition) is 6. The van der Waals surface area contributed by atoms with Crippen molar-refractivity contribution >= 4 is 11.7 Å². The molecule has 0 aliphatic carbocycles. The maximum Gasteiger partial charge on any atom is 0.324 e. The fraction of sp³-hybridized carbons (Fsp3) is 0.417. The van der Waals surface area contributed by atoms with Gasteiger partial charge in [-0.3, -0.25) is 14.9 Å². The Morgan fingerprint density at radius 2 is 2.25 bits per heavy atom. The lowest BCUT2D eigenvalue weighted by Crippen LogP contribution is -2.41. The van der Waals surface area contributed by atoms with Crippen molar-refractivity contribution in [2.75, 3.05) is 20.3 Å². The maximum atomic E-state index is 10.9. The molecule has 0 amide bonds. The number of nitro benzene ring substituents is 1. The monoisotopic (exact) mass is 284 g/mol. The van der Waals surface area contributed by atoms with E-state index in [1.807, 2.05) is 0 Å². The number of likely N-dealkylation sites (N-methyl/N-ethyl adjacent to an activating group) is 1. The number of carbonyl (C=O) groups is 1. The number of rotatable bonds is 8. The highest BCUT2D eigenvalue weighted by Crippen LogP contribution is 2.30. The first kappa shape index (κ1) is 15.7. The van der Waals surface area contributed by atoms with E-state index in [9.17, 15) is 14.9 Å². The van der Waals surface area contributed by atoms with Crippen molar-refractivity contribution in [2.45, 2.75) is 13.0 Å². The van der Waals surface area contributed by atoms with Crippen molar-refractivity contribution in [3.05, 3.63) is 28.3 Å². The van der Waals surface area contributed by atoms with E-state index >= 15 is 0 Å². The highest BCUT2D eigenvalue weighted by atomic mass is 16.6. The van der Waals surface area contributed by atoms with Crippen molar-refractivity contribution in [3.8, 4) is 11.5 Å². The fourth-order valence-corrected chi connectivity index (χ4v) is 1.55. The minimum atomic E-state index is -1.05. The summed E-state index contributed by atoms with van der Waals surface area (Å²) >= 11 is 0. The molecular formula is C12H16N2O6. The molecule has 0 aliphatic rings. The van der Waals surface area contributed by atoms with E-state index in [0.717, 1.165) is 0 Å². The summed E-state index contributed by atoms with van der Waals surface area (Å²) in [4.78, 5) is 21.2. The van der Waals surface area contributed by atoms with Crippen molar-refractivity contribution in [2.24, 2.45) is 0 Å². The zero-order chi connectivity index (χ0) is 15.1. The predicted octanol–water partition coefficient (Wildman–Crippen LogP) is 1.04. The summed E-state index contributed by atoms with van der Waals surface area (Å²) in [6.07, 6.45) is 0. The van der Waals surface area contributed by atoms with Gasteiger partial charge in [0.15, 0.2) is 5.75 Å². The minimum absolute atomic E-state index is 0.115. The Bertz CT molecular complexity index is 491. The van der Waals surface area contributed by atoms with Gasteiger partial charge in [0.25, 0.3) is 0 Å². The standard InChI is InChI=1S/C12H16N2O6/c1-3-13-9(12(15)16)7-20-8-4-5-11(19-2)10(6-8)14(17)18/h4-6,9,13H,3,7H2,1-2H3,(H,15,16). The van der Waals surface area contributed by atoms with E-state index < -0.39 is 16.9 Å². The van der Waals surface area contributed by atoms with Gasteiger partial charge >= 0.3 is 11.7 Å². The van der Waals surface area contributed by atoms with Gasteiger partial charge in [0.2, 0.25) is 0 Å². The molecule has 0 heterocycles. The second-order valence-corrected chi connectivity index (χ2v) is 3.85. The summed E-state index contributed by atoms with van der Waals surface area (Å²) in [5.41, 5.74) is -0.236. The SMILES string of the molecule is CCNC(COc1ccc(OC)c([N+](=O)[O-])c1)C(=O)O. The Kier molecular flexibility index (Phi) is 5.73. The van der Waals surface area contributed by atoms with Crippen molar-refractivity contribution in [1.82, 2.24) is 5.32 Å². The molecule has 1 aromatic carbocycles. The Morgan fingerprint density at radius 3 is 2.75 bits per heavy atom. The molecule has 0 aliphatic heterocycles. The lowest BCUT2D eigenvalue weighted by atomic mass is 10.2. The van der Waals surface area contributed by atoms with Crippen LogP contribution in [0.25, 0.3) is 0 Å². The van der Waals surface area contributed by atoms with E-state index in [4.69, 9.17) is 14.6 Å². The predicted molar refractivity (Wildman–Crippen MR) is 70.2 cm³/mol. The molecule has 2 N–H and O–H groups in total. The molecule has 0 fully saturated rings. The molecule has 0 aromatic heterocycles. The third-order valence-electron chi connectivity index (χ3n) is 2.51. The highest BCUT2D eigenvalue weighted by molar-refractivity contribution is 5.73. The second-order valence-electron chi connectivity index (χ2n) is 3.85. The van der Waals surface area contributed by atoms with Gasteiger partial charge in [-0.1, -0.05) is 6.92 Å². The average Bonchev–Trinajstić information content (AvgIpc) is 2.42. The molecule has 8 nitrogen and oxygen atoms in total. The van der Waals surface area contributed by atoms with Gasteiger partial charge in [0.1, 0.15) is 18.4 Å². The van der Waals surface area contributed by atoms with E-state index in [0.29, 0.717) is 6.54 Å². The molecule has 0 saturated heterocycles. The fourth-order valence-electron chi connectivity index (χ4n) is 1.55. The Labute approximate surface area is 115 Å². The second kappa shape index (κ2) is 7.29. The molecule has 110 valence electrons. The molecule has 1 unspecified atom stereocenters. The molecule has 8 heteroatoms. The molecule has 1 aromatic rings. The Hall–Kier alpha value is -2.35. The molecule has 0 saturated carbocycles. The summed E-state index contributed by atoms with van der Waals surface area (Å²) < 4.78 is 10.1. The average molecular weight is 284 g/mol. The quantitative estimate of drug-likeness (QED) is 0.542. The van der Waals surface area contributed by atoms with Crippen molar-refractivity contribution in [1.29, 1.82) is 0 Å². The Morgan fingerprint density at radius 1 is 1.55 bits per heavy atom. The zero-order valence-corrected chi connectivity index (χ0v) is 11.2. The first-order valence-corrected chi connectivity index (χ1v) is 5.91. The van der Waals surface area contributed by atoms with Gasteiger partial charge in [-0.2, -0.15) is 0 Å². The smallest absolute Gasteiger partial charge is 0.324 e. The van der Waals surface area contributed by atoms with E-state index in [-0.39, 0.29) is 23.8 Å². The highest BCUT2D eigenvalue weighted by Gasteiger charge is 2.19. The number of ether oxygens (including phenoxy) is 2. The van der Waals surface area contributed by atoms with Crippen LogP contribution in [-0.2, 0) is 4.79 Å². The van der Waals surface area contributed by atoms with Gasteiger partial charge in [0.05, 0.1) is 18.1 Å². The van der Waals surface area contributed by atoms with E-state index in [1.165, 1.54) is 25.3 Å². The summed E-state index contributed by atoms with van der Waals surface area (Å²) in [5.74, 6) is -0.722. The van der Waals surface area contributed by atoms with Crippen LogP contribution in [0.1, 0.15) is 6.92 Å². The third kappa shape index (κ3) is 4.09. The van der Waals surface area contributed by atoms with Crippen LogP contribution < -0.4 is 14.8 Å². The van der Waals surface area contributed by atoms with E-state index in [1.54, 1.807) is 6.92 Å². The van der Waals surface area contributed by atoms with Crippen LogP contribution in [0.2, 0.25) is 0 Å². The van der Waals surface area contributed by atoms with Crippen molar-refractivity contribution in [3.63, 3.8) is 0 Å². The summed E-state index contributed by atoms with van der Waals surface area (Å²) in [6, 6.07) is 3.21. The minimum Gasteiger partial charge on any atom is -0.491 e. The van der Waals surface area contributed by atoms with Crippen LogP contribution in [0.3, 0.4) is 0 Å². The number of benzene rings is 1. The third-order valence-corrected chi connectivity index (χ3v) is 2.51. The van der Waals surface area contributed by atoms with Crippen LogP contribution in [0.5, 0.6) is 11.5 Å². The first-order chi connectivity index (χ1) is 9.49. The number of methoxy groups -OCH3 is 1. The molecule has 1 atom stereocenters. The normalized spacial score (nSPS) is 11.7. The van der Waals surface area contributed by atoms with Gasteiger partial charge in [0, 0.05) is 0 Å². The number of nitrogens with zero attached hydrogens (tertiary/aromatic N) is 1. The summed E-state index contributed by atoms with van der Waals surface area (Å²) in [5, 5.41) is 22.5. The first-order valence-electron chi connectivity index (χ1n) is 5.91. The zero-order valence-electron chi connectivity index (χ0n) is 11.2. The number of aliphatic carboxylic acids is 1. The van der Waals surface area contributed by atoms with Crippen molar-refractivity contribution < 1.29 is 24.3 Å². The van der Waals surface area contributed by atoms with Gasteiger partial charge in [-0.15, -0.1) is 0 Å². The lowest BCUT2D eigenvalue weighted by molar-refractivity contribution is -0.385. The molecule has 20 heavy (non-hydrogen) atoms. The van der Waals surface area contributed by atoms with Crippen LogP contribution in [0.15, 0.2) is 18.2 Å². The Balaban J connectivity index is 2.80. The summed E-state index contributed by atoms with van der Waals surface area (Å²) in [6.45, 7) is 2.11. The number of carboxylic acids is 1. The van der Waals surface area contributed by atoms with Crippen LogP contribution in [-0.4, -0.2) is 42.3 Å². The van der Waals surface area contributed by atoms with Gasteiger partial charge in [-0.05, 0) is 18.7 Å². The molecular weight excluding hydrogens is 268 g/mol. The molecule has 1 rings (SSSR count). The van der Waals surface area contributed by atoms with Crippen LogP contribution in [0, 0.1) is 10.1 Å².